The number of hydrogen-bond acceptors (Lipinski definition) is 3. The van der Waals surface area contributed by atoms with Gasteiger partial charge in [0.25, 0.3) is 0 Å². The standard InChI is InChI=1S/C5H7N3S2/c9-3-7-4-1-2-6-5(10)8-4/h4H,1-2H2,(H2,6,8,10). The highest BCUT2D eigenvalue weighted by atomic mass is 32.1. The summed E-state index contributed by atoms with van der Waals surface area (Å²) in [5.41, 5.74) is 0. The minimum atomic E-state index is 0.0336. The molecule has 0 bridgehead atoms. The van der Waals surface area contributed by atoms with E-state index in [-0.39, 0.29) is 6.17 Å². The molecule has 0 aromatic carbocycles. The van der Waals surface area contributed by atoms with Crippen LogP contribution < -0.4 is 10.6 Å². The fourth-order valence-electron chi connectivity index (χ4n) is 0.757. The molecule has 0 amide bonds. The predicted octanol–water partition coefficient (Wildman–Crippen LogP) is 0.283. The molecule has 1 heterocycles. The van der Waals surface area contributed by atoms with Crippen LogP contribution in [0, 0.1) is 0 Å². The Morgan fingerprint density at radius 1 is 1.70 bits per heavy atom. The Bertz CT molecular complexity index is 185. The van der Waals surface area contributed by atoms with Crippen LogP contribution in [0.2, 0.25) is 0 Å². The molecule has 10 heavy (non-hydrogen) atoms. The van der Waals surface area contributed by atoms with Crippen LogP contribution in [-0.2, 0) is 0 Å². The van der Waals surface area contributed by atoms with Gasteiger partial charge in [0, 0.05) is 13.0 Å². The zero-order valence-corrected chi connectivity index (χ0v) is 6.89. The second-order valence-electron chi connectivity index (χ2n) is 1.93. The smallest absolute Gasteiger partial charge is 0.167 e. The number of isothiocyanates is 1. The van der Waals surface area contributed by atoms with Crippen molar-refractivity contribution in [1.29, 1.82) is 0 Å². The zero-order valence-electron chi connectivity index (χ0n) is 5.26. The third-order valence-corrected chi connectivity index (χ3v) is 1.58. The summed E-state index contributed by atoms with van der Waals surface area (Å²) in [4.78, 5) is 3.86. The van der Waals surface area contributed by atoms with Crippen molar-refractivity contribution >= 4 is 34.7 Å². The quantitative estimate of drug-likeness (QED) is 0.441. The number of nitrogens with one attached hydrogen (secondary N) is 2. The summed E-state index contributed by atoms with van der Waals surface area (Å²) >= 11 is 9.30. The van der Waals surface area contributed by atoms with Crippen LogP contribution in [0.1, 0.15) is 6.42 Å². The molecule has 3 nitrogen and oxygen atoms in total. The highest BCUT2D eigenvalue weighted by Gasteiger charge is 2.12. The summed E-state index contributed by atoms with van der Waals surface area (Å²) in [5, 5.41) is 8.87. The molecule has 1 rings (SSSR count). The van der Waals surface area contributed by atoms with Crippen molar-refractivity contribution in [2.75, 3.05) is 6.54 Å². The Morgan fingerprint density at radius 2 is 2.50 bits per heavy atom. The van der Waals surface area contributed by atoms with Gasteiger partial charge in [-0.25, -0.2) is 4.99 Å². The first kappa shape index (κ1) is 7.60. The monoisotopic (exact) mass is 173 g/mol. The maximum absolute atomic E-state index is 4.85. The zero-order chi connectivity index (χ0) is 7.40. The largest absolute Gasteiger partial charge is 0.363 e. The van der Waals surface area contributed by atoms with Crippen molar-refractivity contribution in [3.63, 3.8) is 0 Å². The van der Waals surface area contributed by atoms with E-state index < -0.39 is 0 Å². The number of rotatable bonds is 1. The lowest BCUT2D eigenvalue weighted by molar-refractivity contribution is 0.536. The van der Waals surface area contributed by atoms with Crippen LogP contribution in [0.25, 0.3) is 0 Å². The normalized spacial score (nSPS) is 24.0. The first-order chi connectivity index (χ1) is 4.83. The summed E-state index contributed by atoms with van der Waals surface area (Å²) in [6, 6.07) is 0. The first-order valence-electron chi connectivity index (χ1n) is 2.94. The van der Waals surface area contributed by atoms with E-state index in [0.29, 0.717) is 5.11 Å². The average molecular weight is 173 g/mol. The lowest BCUT2D eigenvalue weighted by Gasteiger charge is -2.21. The van der Waals surface area contributed by atoms with Gasteiger partial charge >= 0.3 is 0 Å². The summed E-state index contributed by atoms with van der Waals surface area (Å²) < 4.78 is 0. The highest BCUT2D eigenvalue weighted by Crippen LogP contribution is 1.95. The Hall–Kier alpha value is -0.510. The van der Waals surface area contributed by atoms with E-state index in [1.807, 2.05) is 0 Å². The molecule has 2 N–H and O–H groups in total. The van der Waals surface area contributed by atoms with E-state index in [0.717, 1.165) is 13.0 Å². The van der Waals surface area contributed by atoms with Crippen molar-refractivity contribution < 1.29 is 0 Å². The number of hydrogen-bond donors (Lipinski definition) is 2. The van der Waals surface area contributed by atoms with Crippen molar-refractivity contribution in [1.82, 2.24) is 10.6 Å². The maximum Gasteiger partial charge on any atom is 0.167 e. The second-order valence-corrected chi connectivity index (χ2v) is 2.52. The first-order valence-corrected chi connectivity index (χ1v) is 3.76. The second kappa shape index (κ2) is 3.61. The molecule has 54 valence electrons. The number of thiocarbonyl (C=S) groups is 2. The molecule has 0 aliphatic carbocycles. The number of aliphatic imine (C=N–C) groups is 1. The molecule has 0 radical (unpaired) electrons. The Labute approximate surface area is 69.9 Å². The van der Waals surface area contributed by atoms with Crippen LogP contribution in [0.15, 0.2) is 4.99 Å². The van der Waals surface area contributed by atoms with Crippen LogP contribution in [-0.4, -0.2) is 23.0 Å². The summed E-state index contributed by atoms with van der Waals surface area (Å²) in [7, 11) is 0. The highest BCUT2D eigenvalue weighted by molar-refractivity contribution is 7.80. The molecule has 1 aliphatic rings. The van der Waals surface area contributed by atoms with E-state index in [4.69, 9.17) is 12.2 Å². The third kappa shape index (κ3) is 2.02. The molecule has 1 aliphatic heterocycles. The van der Waals surface area contributed by atoms with Gasteiger partial charge in [-0.3, -0.25) is 0 Å². The molecular weight excluding hydrogens is 166 g/mol. The van der Waals surface area contributed by atoms with Crippen LogP contribution in [0.4, 0.5) is 0 Å². The summed E-state index contributed by atoms with van der Waals surface area (Å²) in [6.45, 7) is 0.858. The summed E-state index contributed by atoms with van der Waals surface area (Å²) in [5.74, 6) is 0. The van der Waals surface area contributed by atoms with E-state index in [9.17, 15) is 0 Å². The molecule has 0 aromatic rings. The van der Waals surface area contributed by atoms with E-state index in [1.165, 1.54) is 0 Å². The topological polar surface area (TPSA) is 36.4 Å². The minimum Gasteiger partial charge on any atom is -0.363 e. The van der Waals surface area contributed by atoms with Crippen LogP contribution >= 0.6 is 24.4 Å². The Kier molecular flexibility index (Phi) is 2.74. The fraction of sp³-hybridized carbons (Fsp3) is 0.600. The van der Waals surface area contributed by atoms with E-state index >= 15 is 0 Å². The van der Waals surface area contributed by atoms with E-state index in [2.05, 4.69) is 33.0 Å². The molecule has 0 spiro atoms. The molecule has 1 fully saturated rings. The van der Waals surface area contributed by atoms with Crippen LogP contribution in [0.5, 0.6) is 0 Å². The van der Waals surface area contributed by atoms with Crippen molar-refractivity contribution in [3.05, 3.63) is 0 Å². The molecule has 0 aromatic heterocycles. The van der Waals surface area contributed by atoms with Gasteiger partial charge in [0.05, 0.1) is 5.16 Å². The van der Waals surface area contributed by atoms with Gasteiger partial charge in [0.2, 0.25) is 0 Å². The average Bonchev–Trinajstić information content (AvgIpc) is 1.88. The number of nitrogens with zero attached hydrogens (tertiary/aromatic N) is 1. The van der Waals surface area contributed by atoms with Gasteiger partial charge in [0.1, 0.15) is 6.17 Å². The Balaban J connectivity index is 2.46. The van der Waals surface area contributed by atoms with Crippen LogP contribution in [0.3, 0.4) is 0 Å². The van der Waals surface area contributed by atoms with Gasteiger partial charge in [-0.1, -0.05) is 0 Å². The van der Waals surface area contributed by atoms with Gasteiger partial charge in [-0.2, -0.15) is 0 Å². The van der Waals surface area contributed by atoms with Crippen molar-refractivity contribution in [2.45, 2.75) is 12.6 Å². The maximum atomic E-state index is 4.85. The Morgan fingerprint density at radius 3 is 3.10 bits per heavy atom. The van der Waals surface area contributed by atoms with Gasteiger partial charge in [-0.05, 0) is 24.4 Å². The molecule has 1 atom stereocenters. The summed E-state index contributed by atoms with van der Waals surface area (Å²) in [6.07, 6.45) is 0.940. The van der Waals surface area contributed by atoms with Crippen molar-refractivity contribution in [3.8, 4) is 0 Å². The van der Waals surface area contributed by atoms with Gasteiger partial charge < -0.3 is 10.6 Å². The van der Waals surface area contributed by atoms with E-state index in [1.54, 1.807) is 0 Å². The molecule has 0 saturated carbocycles. The molecule has 1 saturated heterocycles. The minimum absolute atomic E-state index is 0.0336. The van der Waals surface area contributed by atoms with Gasteiger partial charge in [-0.15, -0.1) is 0 Å². The van der Waals surface area contributed by atoms with Gasteiger partial charge in [0.15, 0.2) is 5.11 Å². The van der Waals surface area contributed by atoms with Crippen molar-refractivity contribution in [2.24, 2.45) is 4.99 Å². The third-order valence-electron chi connectivity index (χ3n) is 1.21. The molecule has 5 heteroatoms. The SMILES string of the molecule is S=C=NC1CCNC(=S)N1. The molecular formula is C5H7N3S2. The fourth-order valence-corrected chi connectivity index (χ4v) is 1.12. The molecule has 1 unspecified atom stereocenters. The predicted molar refractivity (Wildman–Crippen MR) is 47.2 cm³/mol. The lowest BCUT2D eigenvalue weighted by Crippen LogP contribution is -2.48. The lowest BCUT2D eigenvalue weighted by atomic mass is 10.3.